The van der Waals surface area contributed by atoms with Gasteiger partial charge in [-0.3, -0.25) is 0 Å². The standard InChI is InChI=1S/C12H14N2/c13-8-9-4-6-11(7-5-9)12(14)10-2-1-3-10/h4-7,10,12H,1-3,14H2/t12-/m0/s1. The average Bonchev–Trinajstić information content (AvgIpc) is 2.15. The van der Waals surface area contributed by atoms with E-state index in [9.17, 15) is 0 Å². The molecular weight excluding hydrogens is 172 g/mol. The summed E-state index contributed by atoms with van der Waals surface area (Å²) in [6.07, 6.45) is 3.82. The van der Waals surface area contributed by atoms with E-state index < -0.39 is 0 Å². The van der Waals surface area contributed by atoms with Crippen molar-refractivity contribution < 1.29 is 0 Å². The van der Waals surface area contributed by atoms with Gasteiger partial charge in [0.2, 0.25) is 0 Å². The molecule has 1 aromatic rings. The van der Waals surface area contributed by atoms with E-state index in [-0.39, 0.29) is 6.04 Å². The highest BCUT2D eigenvalue weighted by Crippen LogP contribution is 2.35. The van der Waals surface area contributed by atoms with E-state index in [0.717, 1.165) is 5.56 Å². The van der Waals surface area contributed by atoms with Crippen LogP contribution in [0.5, 0.6) is 0 Å². The molecule has 0 amide bonds. The summed E-state index contributed by atoms with van der Waals surface area (Å²) in [5.74, 6) is 0.655. The Hall–Kier alpha value is -1.33. The van der Waals surface area contributed by atoms with Crippen LogP contribution in [-0.4, -0.2) is 0 Å². The van der Waals surface area contributed by atoms with E-state index in [2.05, 4.69) is 6.07 Å². The summed E-state index contributed by atoms with van der Waals surface area (Å²) >= 11 is 0. The van der Waals surface area contributed by atoms with Crippen LogP contribution in [0.2, 0.25) is 0 Å². The van der Waals surface area contributed by atoms with Gasteiger partial charge in [0.1, 0.15) is 0 Å². The van der Waals surface area contributed by atoms with Crippen LogP contribution in [0.1, 0.15) is 36.4 Å². The number of nitriles is 1. The van der Waals surface area contributed by atoms with Crippen LogP contribution in [0.3, 0.4) is 0 Å². The maximum absolute atomic E-state index is 8.65. The quantitative estimate of drug-likeness (QED) is 0.770. The Labute approximate surface area is 84.3 Å². The van der Waals surface area contributed by atoms with Gasteiger partial charge in [0, 0.05) is 6.04 Å². The minimum Gasteiger partial charge on any atom is -0.324 e. The highest BCUT2D eigenvalue weighted by Gasteiger charge is 2.25. The van der Waals surface area contributed by atoms with Gasteiger partial charge in [-0.15, -0.1) is 0 Å². The Kier molecular flexibility index (Phi) is 2.51. The summed E-state index contributed by atoms with van der Waals surface area (Å²) in [6, 6.07) is 9.90. The van der Waals surface area contributed by atoms with Gasteiger partial charge >= 0.3 is 0 Å². The van der Waals surface area contributed by atoms with Crippen LogP contribution in [0, 0.1) is 17.2 Å². The second-order valence-corrected chi connectivity index (χ2v) is 3.95. The van der Waals surface area contributed by atoms with Crippen molar-refractivity contribution in [3.63, 3.8) is 0 Å². The van der Waals surface area contributed by atoms with Gasteiger partial charge in [-0.05, 0) is 36.5 Å². The van der Waals surface area contributed by atoms with Crippen molar-refractivity contribution in [2.75, 3.05) is 0 Å². The van der Waals surface area contributed by atoms with Crippen molar-refractivity contribution in [3.05, 3.63) is 35.4 Å². The van der Waals surface area contributed by atoms with Crippen molar-refractivity contribution in [1.29, 1.82) is 5.26 Å². The minimum absolute atomic E-state index is 0.163. The first-order valence-corrected chi connectivity index (χ1v) is 5.07. The van der Waals surface area contributed by atoms with Gasteiger partial charge in [0.05, 0.1) is 11.6 Å². The zero-order chi connectivity index (χ0) is 9.97. The molecule has 0 radical (unpaired) electrons. The first-order valence-electron chi connectivity index (χ1n) is 5.07. The molecular formula is C12H14N2. The summed E-state index contributed by atoms with van der Waals surface area (Å²) < 4.78 is 0. The summed E-state index contributed by atoms with van der Waals surface area (Å²) in [5, 5.41) is 8.65. The third-order valence-corrected chi connectivity index (χ3v) is 3.08. The second kappa shape index (κ2) is 3.81. The topological polar surface area (TPSA) is 49.8 Å². The molecule has 1 aliphatic carbocycles. The molecule has 0 bridgehead atoms. The van der Waals surface area contributed by atoms with Crippen LogP contribution in [0.4, 0.5) is 0 Å². The maximum atomic E-state index is 8.65. The lowest BCUT2D eigenvalue weighted by atomic mass is 9.77. The maximum Gasteiger partial charge on any atom is 0.0991 e. The van der Waals surface area contributed by atoms with Crippen molar-refractivity contribution in [2.45, 2.75) is 25.3 Å². The first-order chi connectivity index (χ1) is 6.81. The third kappa shape index (κ3) is 1.64. The molecule has 2 rings (SSSR count). The van der Waals surface area contributed by atoms with Crippen molar-refractivity contribution in [1.82, 2.24) is 0 Å². The normalized spacial score (nSPS) is 18.3. The smallest absolute Gasteiger partial charge is 0.0991 e. The number of hydrogen-bond acceptors (Lipinski definition) is 2. The lowest BCUT2D eigenvalue weighted by Gasteiger charge is -2.31. The lowest BCUT2D eigenvalue weighted by Crippen LogP contribution is -2.26. The lowest BCUT2D eigenvalue weighted by molar-refractivity contribution is 0.264. The number of nitrogens with zero attached hydrogens (tertiary/aromatic N) is 1. The molecule has 2 nitrogen and oxygen atoms in total. The van der Waals surface area contributed by atoms with Gasteiger partial charge in [0.25, 0.3) is 0 Å². The fourth-order valence-electron chi connectivity index (χ4n) is 1.85. The van der Waals surface area contributed by atoms with Crippen LogP contribution in [0.15, 0.2) is 24.3 Å². The Bertz CT molecular complexity index is 344. The molecule has 1 atom stereocenters. The molecule has 0 aliphatic heterocycles. The number of hydrogen-bond donors (Lipinski definition) is 1. The number of rotatable bonds is 2. The molecule has 1 saturated carbocycles. The monoisotopic (exact) mass is 186 g/mol. The van der Waals surface area contributed by atoms with E-state index in [1.165, 1.54) is 19.3 Å². The molecule has 0 unspecified atom stereocenters. The Balaban J connectivity index is 2.12. The third-order valence-electron chi connectivity index (χ3n) is 3.08. The highest BCUT2D eigenvalue weighted by atomic mass is 14.7. The predicted octanol–water partition coefficient (Wildman–Crippen LogP) is 2.36. The van der Waals surface area contributed by atoms with E-state index >= 15 is 0 Å². The molecule has 1 aromatic carbocycles. The van der Waals surface area contributed by atoms with E-state index in [1.807, 2.05) is 24.3 Å². The molecule has 0 saturated heterocycles. The first kappa shape index (κ1) is 9.23. The molecule has 0 heterocycles. The summed E-state index contributed by atoms with van der Waals surface area (Å²) in [4.78, 5) is 0. The molecule has 2 N–H and O–H groups in total. The van der Waals surface area contributed by atoms with Crippen molar-refractivity contribution in [2.24, 2.45) is 11.7 Å². The van der Waals surface area contributed by atoms with Gasteiger partial charge in [0.15, 0.2) is 0 Å². The van der Waals surface area contributed by atoms with E-state index in [0.29, 0.717) is 11.5 Å². The Morgan fingerprint density at radius 3 is 2.36 bits per heavy atom. The summed E-state index contributed by atoms with van der Waals surface area (Å²) in [5.41, 5.74) is 7.97. The summed E-state index contributed by atoms with van der Waals surface area (Å²) in [6.45, 7) is 0. The molecule has 1 aliphatic rings. The minimum atomic E-state index is 0.163. The Morgan fingerprint density at radius 2 is 1.93 bits per heavy atom. The molecule has 0 spiro atoms. The zero-order valence-electron chi connectivity index (χ0n) is 8.11. The fourth-order valence-corrected chi connectivity index (χ4v) is 1.85. The largest absolute Gasteiger partial charge is 0.324 e. The van der Waals surface area contributed by atoms with Crippen LogP contribution < -0.4 is 5.73 Å². The van der Waals surface area contributed by atoms with Crippen LogP contribution in [-0.2, 0) is 0 Å². The number of benzene rings is 1. The van der Waals surface area contributed by atoms with Gasteiger partial charge < -0.3 is 5.73 Å². The van der Waals surface area contributed by atoms with E-state index in [1.54, 1.807) is 0 Å². The fraction of sp³-hybridized carbons (Fsp3) is 0.417. The second-order valence-electron chi connectivity index (χ2n) is 3.95. The van der Waals surface area contributed by atoms with Crippen LogP contribution >= 0.6 is 0 Å². The van der Waals surface area contributed by atoms with Crippen molar-refractivity contribution in [3.8, 4) is 6.07 Å². The molecule has 2 heteroatoms. The number of nitrogens with two attached hydrogens (primary N) is 1. The van der Waals surface area contributed by atoms with Crippen LogP contribution in [0.25, 0.3) is 0 Å². The highest BCUT2D eigenvalue weighted by molar-refractivity contribution is 5.33. The van der Waals surface area contributed by atoms with Crippen molar-refractivity contribution >= 4 is 0 Å². The van der Waals surface area contributed by atoms with E-state index in [4.69, 9.17) is 11.0 Å². The molecule has 1 fully saturated rings. The molecule has 14 heavy (non-hydrogen) atoms. The Morgan fingerprint density at radius 1 is 1.29 bits per heavy atom. The van der Waals surface area contributed by atoms with Gasteiger partial charge in [-0.25, -0.2) is 0 Å². The average molecular weight is 186 g/mol. The summed E-state index contributed by atoms with van der Waals surface area (Å²) in [7, 11) is 0. The molecule has 72 valence electrons. The zero-order valence-corrected chi connectivity index (χ0v) is 8.11. The predicted molar refractivity (Wildman–Crippen MR) is 55.4 cm³/mol. The SMILES string of the molecule is N#Cc1ccc([C@@H](N)C2CCC2)cc1. The van der Waals surface area contributed by atoms with Gasteiger partial charge in [-0.2, -0.15) is 5.26 Å². The van der Waals surface area contributed by atoms with Gasteiger partial charge in [-0.1, -0.05) is 18.6 Å². The molecule has 0 aromatic heterocycles.